The van der Waals surface area contributed by atoms with Crippen LogP contribution in [-0.2, 0) is 0 Å². The van der Waals surface area contributed by atoms with E-state index >= 15 is 0 Å². The normalized spacial score (nSPS) is 10.7. The first kappa shape index (κ1) is 13.1. The Morgan fingerprint density at radius 1 is 0.789 bits per heavy atom. The van der Waals surface area contributed by atoms with E-state index in [1.807, 2.05) is 30.4 Å². The van der Waals surface area contributed by atoms with Crippen molar-refractivity contribution in [2.45, 2.75) is 0 Å². The molecule has 2 nitrogen and oxygen atoms in total. The van der Waals surface area contributed by atoms with Gasteiger partial charge in [-0.05, 0) is 35.4 Å². The lowest BCUT2D eigenvalue weighted by molar-refractivity contribution is 0.394. The van der Waals surface area contributed by atoms with Gasteiger partial charge in [-0.1, -0.05) is 24.3 Å². The summed E-state index contributed by atoms with van der Waals surface area (Å²) in [7, 11) is 3.23. The molecule has 2 aromatic rings. The zero-order valence-corrected chi connectivity index (χ0v) is 10.9. The summed E-state index contributed by atoms with van der Waals surface area (Å²) in [4.78, 5) is 0. The largest absolute Gasteiger partial charge is 0.497 e. The molecule has 0 unspecified atom stereocenters. The highest BCUT2D eigenvalue weighted by Crippen LogP contribution is 2.23. The number of halogens is 1. The topological polar surface area (TPSA) is 18.5 Å². The van der Waals surface area contributed by atoms with E-state index in [-0.39, 0.29) is 5.82 Å². The van der Waals surface area contributed by atoms with Crippen molar-refractivity contribution in [2.75, 3.05) is 14.2 Å². The van der Waals surface area contributed by atoms with E-state index in [1.165, 1.54) is 12.1 Å². The van der Waals surface area contributed by atoms with Gasteiger partial charge in [0.1, 0.15) is 17.3 Å². The molecule has 0 saturated heterocycles. The summed E-state index contributed by atoms with van der Waals surface area (Å²) in [5.41, 5.74) is 1.89. The van der Waals surface area contributed by atoms with Crippen LogP contribution in [0, 0.1) is 5.82 Å². The van der Waals surface area contributed by atoms with Crippen molar-refractivity contribution in [2.24, 2.45) is 0 Å². The lowest BCUT2D eigenvalue weighted by Crippen LogP contribution is -1.88. The van der Waals surface area contributed by atoms with Crippen molar-refractivity contribution in [3.05, 3.63) is 59.4 Å². The van der Waals surface area contributed by atoms with Crippen molar-refractivity contribution in [1.29, 1.82) is 0 Å². The Kier molecular flexibility index (Phi) is 4.18. The smallest absolute Gasteiger partial charge is 0.123 e. The minimum absolute atomic E-state index is 0.236. The fourth-order valence-corrected chi connectivity index (χ4v) is 1.69. The Morgan fingerprint density at radius 2 is 1.32 bits per heavy atom. The first-order valence-corrected chi connectivity index (χ1v) is 5.88. The standard InChI is InChI=1S/C16H15FO2/c1-18-15-9-13(10-16(11-15)19-2)4-3-12-5-7-14(17)8-6-12/h3-11H,1-2H3/b4-3-. The molecule has 3 heteroatoms. The second-order valence-corrected chi connectivity index (χ2v) is 4.03. The minimum atomic E-state index is -0.236. The molecule has 0 aromatic heterocycles. The zero-order valence-electron chi connectivity index (χ0n) is 10.9. The average molecular weight is 258 g/mol. The number of hydrogen-bond donors (Lipinski definition) is 0. The molecular weight excluding hydrogens is 243 g/mol. The van der Waals surface area contributed by atoms with Crippen molar-refractivity contribution >= 4 is 12.2 Å². The highest BCUT2D eigenvalue weighted by atomic mass is 19.1. The summed E-state index contributed by atoms with van der Waals surface area (Å²) < 4.78 is 23.2. The van der Waals surface area contributed by atoms with Crippen LogP contribution in [0.25, 0.3) is 12.2 Å². The van der Waals surface area contributed by atoms with Crippen LogP contribution >= 0.6 is 0 Å². The number of ether oxygens (including phenoxy) is 2. The van der Waals surface area contributed by atoms with Gasteiger partial charge in [-0.3, -0.25) is 0 Å². The molecule has 98 valence electrons. The molecule has 19 heavy (non-hydrogen) atoms. The average Bonchev–Trinajstić information content (AvgIpc) is 2.46. The van der Waals surface area contributed by atoms with Gasteiger partial charge in [-0.15, -0.1) is 0 Å². The van der Waals surface area contributed by atoms with Crippen molar-refractivity contribution in [3.63, 3.8) is 0 Å². The maximum atomic E-state index is 12.8. The van der Waals surface area contributed by atoms with E-state index in [4.69, 9.17) is 9.47 Å². The summed E-state index contributed by atoms with van der Waals surface area (Å²) in [5.74, 6) is 1.23. The van der Waals surface area contributed by atoms with Gasteiger partial charge >= 0.3 is 0 Å². The van der Waals surface area contributed by atoms with Crippen molar-refractivity contribution in [3.8, 4) is 11.5 Å². The van der Waals surface area contributed by atoms with E-state index in [2.05, 4.69) is 0 Å². The molecule has 0 fully saturated rings. The van der Waals surface area contributed by atoms with Crippen LogP contribution in [0.4, 0.5) is 4.39 Å². The van der Waals surface area contributed by atoms with Crippen LogP contribution in [-0.4, -0.2) is 14.2 Å². The van der Waals surface area contributed by atoms with Gasteiger partial charge in [0.05, 0.1) is 14.2 Å². The van der Waals surface area contributed by atoms with Crippen molar-refractivity contribution < 1.29 is 13.9 Å². The summed E-state index contributed by atoms with van der Waals surface area (Å²) in [6, 6.07) is 11.9. The molecule has 0 bridgehead atoms. The summed E-state index contributed by atoms with van der Waals surface area (Å²) in [6.45, 7) is 0. The Balaban J connectivity index is 2.24. The second kappa shape index (κ2) is 6.05. The number of hydrogen-bond acceptors (Lipinski definition) is 2. The maximum Gasteiger partial charge on any atom is 0.123 e. The monoisotopic (exact) mass is 258 g/mol. The lowest BCUT2D eigenvalue weighted by Gasteiger charge is -2.05. The van der Waals surface area contributed by atoms with Gasteiger partial charge in [-0.2, -0.15) is 0 Å². The molecule has 0 heterocycles. The highest BCUT2D eigenvalue weighted by molar-refractivity contribution is 5.71. The minimum Gasteiger partial charge on any atom is -0.497 e. The molecule has 2 rings (SSSR count). The first-order chi connectivity index (χ1) is 9.21. The molecule has 0 aliphatic carbocycles. The van der Waals surface area contributed by atoms with Crippen LogP contribution in [0.15, 0.2) is 42.5 Å². The fraction of sp³-hybridized carbons (Fsp3) is 0.125. The van der Waals surface area contributed by atoms with Crippen LogP contribution in [0.1, 0.15) is 11.1 Å². The van der Waals surface area contributed by atoms with E-state index in [0.29, 0.717) is 0 Å². The Morgan fingerprint density at radius 3 is 1.84 bits per heavy atom. The lowest BCUT2D eigenvalue weighted by atomic mass is 10.1. The summed E-state index contributed by atoms with van der Waals surface area (Å²) in [5, 5.41) is 0. The molecule has 0 saturated carbocycles. The van der Waals surface area contributed by atoms with E-state index in [9.17, 15) is 4.39 Å². The van der Waals surface area contributed by atoms with E-state index in [0.717, 1.165) is 22.6 Å². The number of benzene rings is 2. The number of methoxy groups -OCH3 is 2. The highest BCUT2D eigenvalue weighted by Gasteiger charge is 1.99. The summed E-state index contributed by atoms with van der Waals surface area (Å²) in [6.07, 6.45) is 3.84. The molecule has 0 radical (unpaired) electrons. The van der Waals surface area contributed by atoms with Crippen LogP contribution in [0.2, 0.25) is 0 Å². The second-order valence-electron chi connectivity index (χ2n) is 4.03. The predicted octanol–water partition coefficient (Wildman–Crippen LogP) is 4.01. The van der Waals surface area contributed by atoms with E-state index < -0.39 is 0 Å². The molecule has 0 amide bonds. The van der Waals surface area contributed by atoms with Gasteiger partial charge in [-0.25, -0.2) is 4.39 Å². The Hall–Kier alpha value is -2.29. The van der Waals surface area contributed by atoms with Crippen LogP contribution in [0.3, 0.4) is 0 Å². The third-order valence-corrected chi connectivity index (χ3v) is 2.71. The molecule has 0 aliphatic heterocycles. The predicted molar refractivity (Wildman–Crippen MR) is 74.9 cm³/mol. The molecule has 2 aromatic carbocycles. The fourth-order valence-electron chi connectivity index (χ4n) is 1.69. The van der Waals surface area contributed by atoms with Gasteiger partial charge in [0, 0.05) is 6.07 Å². The molecular formula is C16H15FO2. The molecule has 0 atom stereocenters. The summed E-state index contributed by atoms with van der Waals surface area (Å²) >= 11 is 0. The Bertz CT molecular complexity index is 552. The zero-order chi connectivity index (χ0) is 13.7. The van der Waals surface area contributed by atoms with Crippen LogP contribution in [0.5, 0.6) is 11.5 Å². The van der Waals surface area contributed by atoms with Gasteiger partial charge in [0.2, 0.25) is 0 Å². The quantitative estimate of drug-likeness (QED) is 0.771. The molecule has 0 aliphatic rings. The van der Waals surface area contributed by atoms with Crippen LogP contribution < -0.4 is 9.47 Å². The van der Waals surface area contributed by atoms with Gasteiger partial charge < -0.3 is 9.47 Å². The third kappa shape index (κ3) is 3.58. The van der Waals surface area contributed by atoms with Gasteiger partial charge in [0.15, 0.2) is 0 Å². The third-order valence-electron chi connectivity index (χ3n) is 2.71. The first-order valence-electron chi connectivity index (χ1n) is 5.88. The van der Waals surface area contributed by atoms with Gasteiger partial charge in [0.25, 0.3) is 0 Å². The Labute approximate surface area is 112 Å². The van der Waals surface area contributed by atoms with E-state index in [1.54, 1.807) is 26.4 Å². The van der Waals surface area contributed by atoms with Crippen molar-refractivity contribution in [1.82, 2.24) is 0 Å². The molecule has 0 spiro atoms. The molecule has 0 N–H and O–H groups in total. The maximum absolute atomic E-state index is 12.8. The SMILES string of the molecule is COc1cc(/C=C\c2ccc(F)cc2)cc(OC)c1. The number of rotatable bonds is 4.